The molecular formula is C25H25N5O3. The number of amides is 1. The minimum absolute atomic E-state index is 0.0538. The Labute approximate surface area is 191 Å². The number of pyridine rings is 1. The van der Waals surface area contributed by atoms with E-state index < -0.39 is 5.91 Å². The zero-order valence-electron chi connectivity index (χ0n) is 18.8. The fraction of sp³-hybridized carbons (Fsp3) is 0.280. The van der Waals surface area contributed by atoms with Gasteiger partial charge in [-0.05, 0) is 51.1 Å². The number of carbonyl (C=O) groups is 1. The van der Waals surface area contributed by atoms with Crippen LogP contribution in [-0.2, 0) is 9.53 Å². The molecule has 2 atom stereocenters. The van der Waals surface area contributed by atoms with Crippen molar-refractivity contribution >= 4 is 29.1 Å². The topological polar surface area (TPSA) is 99.7 Å². The van der Waals surface area contributed by atoms with E-state index in [0.717, 1.165) is 5.56 Å². The average molecular weight is 444 g/mol. The molecule has 0 spiro atoms. The van der Waals surface area contributed by atoms with Gasteiger partial charge in [0.25, 0.3) is 11.5 Å². The van der Waals surface area contributed by atoms with E-state index in [1.54, 1.807) is 36.5 Å². The third-order valence-electron chi connectivity index (χ3n) is 5.43. The molecular weight excluding hydrogens is 418 g/mol. The normalized spacial score (nSPS) is 18.7. The molecule has 4 rings (SSSR count). The summed E-state index contributed by atoms with van der Waals surface area (Å²) < 4.78 is 7.24. The highest BCUT2D eigenvalue weighted by Gasteiger charge is 2.27. The monoisotopic (exact) mass is 443 g/mol. The highest BCUT2D eigenvalue weighted by Crippen LogP contribution is 2.23. The summed E-state index contributed by atoms with van der Waals surface area (Å²) in [6.45, 7) is 6.95. The van der Waals surface area contributed by atoms with Gasteiger partial charge in [0, 0.05) is 25.0 Å². The Hall–Kier alpha value is -3.96. The number of nitrogens with one attached hydrogen (secondary N) is 1. The van der Waals surface area contributed by atoms with Crippen molar-refractivity contribution in [1.82, 2.24) is 9.38 Å². The molecule has 2 unspecified atom stereocenters. The minimum atomic E-state index is -0.589. The van der Waals surface area contributed by atoms with Gasteiger partial charge < -0.3 is 15.0 Å². The van der Waals surface area contributed by atoms with Crippen LogP contribution in [0.5, 0.6) is 0 Å². The Kier molecular flexibility index (Phi) is 6.24. The van der Waals surface area contributed by atoms with Crippen LogP contribution in [0.15, 0.2) is 59.0 Å². The van der Waals surface area contributed by atoms with Gasteiger partial charge in [-0.1, -0.05) is 23.8 Å². The number of anilines is 2. The maximum atomic E-state index is 13.4. The molecule has 1 saturated heterocycles. The molecule has 168 valence electrons. The van der Waals surface area contributed by atoms with Gasteiger partial charge in [0.05, 0.1) is 17.8 Å². The molecule has 3 aromatic rings. The van der Waals surface area contributed by atoms with E-state index in [-0.39, 0.29) is 28.9 Å². The van der Waals surface area contributed by atoms with E-state index in [1.807, 2.05) is 43.9 Å². The van der Waals surface area contributed by atoms with Crippen LogP contribution in [0.3, 0.4) is 0 Å². The van der Waals surface area contributed by atoms with Crippen molar-refractivity contribution in [2.75, 3.05) is 23.3 Å². The fourth-order valence-corrected chi connectivity index (χ4v) is 3.94. The molecule has 0 aliphatic carbocycles. The summed E-state index contributed by atoms with van der Waals surface area (Å²) in [5, 5.41) is 12.4. The molecule has 1 aromatic carbocycles. The zero-order valence-corrected chi connectivity index (χ0v) is 18.8. The number of morpholine rings is 1. The predicted octanol–water partition coefficient (Wildman–Crippen LogP) is 3.16. The highest BCUT2D eigenvalue weighted by atomic mass is 16.5. The second-order valence-electron chi connectivity index (χ2n) is 8.24. The lowest BCUT2D eigenvalue weighted by atomic mass is 10.1. The van der Waals surface area contributed by atoms with Crippen LogP contribution in [0.25, 0.3) is 11.7 Å². The largest absolute Gasteiger partial charge is 0.372 e. The first-order chi connectivity index (χ1) is 15.9. The summed E-state index contributed by atoms with van der Waals surface area (Å²) in [5.41, 5.74) is 1.77. The number of fused-ring (bicyclic) bond motifs is 1. The Morgan fingerprint density at radius 1 is 1.18 bits per heavy atom. The van der Waals surface area contributed by atoms with Crippen LogP contribution in [0.4, 0.5) is 11.5 Å². The third kappa shape index (κ3) is 4.78. The summed E-state index contributed by atoms with van der Waals surface area (Å²) >= 11 is 0. The van der Waals surface area contributed by atoms with Crippen LogP contribution in [0.2, 0.25) is 0 Å². The second-order valence-corrected chi connectivity index (χ2v) is 8.24. The van der Waals surface area contributed by atoms with Gasteiger partial charge in [-0.15, -0.1) is 0 Å². The number of carbonyl (C=O) groups excluding carboxylic acids is 1. The van der Waals surface area contributed by atoms with Gasteiger partial charge in [0.15, 0.2) is 0 Å². The summed E-state index contributed by atoms with van der Waals surface area (Å²) in [7, 11) is 0. The van der Waals surface area contributed by atoms with Crippen LogP contribution in [0.1, 0.15) is 25.0 Å². The fourth-order valence-electron chi connectivity index (χ4n) is 3.94. The first-order valence-electron chi connectivity index (χ1n) is 10.8. The number of aromatic nitrogens is 2. The molecule has 33 heavy (non-hydrogen) atoms. The molecule has 1 aliphatic heterocycles. The number of nitriles is 1. The smallest absolute Gasteiger partial charge is 0.267 e. The first-order valence-corrected chi connectivity index (χ1v) is 10.8. The number of benzene rings is 1. The van der Waals surface area contributed by atoms with E-state index in [4.69, 9.17) is 9.72 Å². The van der Waals surface area contributed by atoms with E-state index in [1.165, 1.54) is 10.5 Å². The number of ether oxygens (including phenoxy) is 1. The molecule has 0 saturated carbocycles. The standard InChI is InChI=1S/C25H25N5O3/c1-16-7-9-20(10-8-16)27-24(31)19(13-26)12-21-23(29-14-17(2)33-18(3)15-29)28-22-6-4-5-11-30(22)25(21)32/h4-12,17-18H,14-15H2,1-3H3,(H,27,31). The number of rotatable bonds is 4. The van der Waals surface area contributed by atoms with Crippen LogP contribution < -0.4 is 15.8 Å². The van der Waals surface area contributed by atoms with Gasteiger partial charge >= 0.3 is 0 Å². The maximum absolute atomic E-state index is 13.4. The Bertz CT molecular complexity index is 1310. The second kappa shape index (κ2) is 9.27. The van der Waals surface area contributed by atoms with Crippen molar-refractivity contribution < 1.29 is 9.53 Å². The van der Waals surface area contributed by atoms with Gasteiger partial charge in [-0.3, -0.25) is 14.0 Å². The third-order valence-corrected chi connectivity index (χ3v) is 5.43. The Balaban J connectivity index is 1.80. The molecule has 1 N–H and O–H groups in total. The van der Waals surface area contributed by atoms with Crippen molar-refractivity contribution in [3.05, 3.63) is 75.7 Å². The van der Waals surface area contributed by atoms with Crippen molar-refractivity contribution in [3.8, 4) is 6.07 Å². The van der Waals surface area contributed by atoms with Gasteiger partial charge in [0.1, 0.15) is 23.1 Å². The summed E-state index contributed by atoms with van der Waals surface area (Å²) in [5.74, 6) is -0.155. The molecule has 2 aromatic heterocycles. The SMILES string of the molecule is Cc1ccc(NC(=O)C(C#N)=Cc2c(N3CC(C)OC(C)C3)nc3ccccn3c2=O)cc1. The molecule has 8 heteroatoms. The number of nitrogens with zero attached hydrogens (tertiary/aromatic N) is 4. The molecule has 0 radical (unpaired) electrons. The molecule has 1 fully saturated rings. The molecule has 0 bridgehead atoms. The zero-order chi connectivity index (χ0) is 23.5. The lowest BCUT2D eigenvalue weighted by Crippen LogP contribution is -2.46. The highest BCUT2D eigenvalue weighted by molar-refractivity contribution is 6.10. The van der Waals surface area contributed by atoms with E-state index in [9.17, 15) is 14.9 Å². The van der Waals surface area contributed by atoms with Gasteiger partial charge in [0.2, 0.25) is 0 Å². The summed E-state index contributed by atoms with van der Waals surface area (Å²) in [4.78, 5) is 32.9. The Morgan fingerprint density at radius 3 is 2.55 bits per heavy atom. The van der Waals surface area contributed by atoms with Crippen molar-refractivity contribution in [2.45, 2.75) is 33.0 Å². The Morgan fingerprint density at radius 2 is 1.88 bits per heavy atom. The van der Waals surface area contributed by atoms with Crippen molar-refractivity contribution in [1.29, 1.82) is 5.26 Å². The quantitative estimate of drug-likeness (QED) is 0.491. The number of aryl methyl sites for hydroxylation is 1. The van der Waals surface area contributed by atoms with Crippen molar-refractivity contribution in [2.24, 2.45) is 0 Å². The van der Waals surface area contributed by atoms with E-state index in [0.29, 0.717) is 30.2 Å². The molecule has 8 nitrogen and oxygen atoms in total. The molecule has 1 amide bonds. The number of hydrogen-bond donors (Lipinski definition) is 1. The van der Waals surface area contributed by atoms with Gasteiger partial charge in [-0.2, -0.15) is 5.26 Å². The lowest BCUT2D eigenvalue weighted by molar-refractivity contribution is -0.112. The minimum Gasteiger partial charge on any atom is -0.372 e. The number of hydrogen-bond acceptors (Lipinski definition) is 6. The van der Waals surface area contributed by atoms with E-state index in [2.05, 4.69) is 5.32 Å². The summed E-state index contributed by atoms with van der Waals surface area (Å²) in [6.07, 6.45) is 2.84. The van der Waals surface area contributed by atoms with Crippen LogP contribution >= 0.6 is 0 Å². The van der Waals surface area contributed by atoms with Crippen LogP contribution in [0, 0.1) is 18.3 Å². The predicted molar refractivity (Wildman–Crippen MR) is 127 cm³/mol. The van der Waals surface area contributed by atoms with E-state index >= 15 is 0 Å². The summed E-state index contributed by atoms with van der Waals surface area (Å²) in [6, 6.07) is 14.5. The maximum Gasteiger partial charge on any atom is 0.267 e. The molecule has 1 aliphatic rings. The van der Waals surface area contributed by atoms with Gasteiger partial charge in [-0.25, -0.2) is 4.98 Å². The van der Waals surface area contributed by atoms with Crippen LogP contribution in [-0.4, -0.2) is 40.6 Å². The molecule has 3 heterocycles. The average Bonchev–Trinajstić information content (AvgIpc) is 2.79. The lowest BCUT2D eigenvalue weighted by Gasteiger charge is -2.36. The first kappa shape index (κ1) is 22.2. The van der Waals surface area contributed by atoms with Crippen molar-refractivity contribution in [3.63, 3.8) is 0 Å².